The van der Waals surface area contributed by atoms with Crippen molar-refractivity contribution in [1.29, 1.82) is 0 Å². The van der Waals surface area contributed by atoms with Gasteiger partial charge in [0.05, 0.1) is 5.69 Å². The number of rotatable bonds is 1. The number of anilines is 2. The standard InChI is InChI=1S/C6H11N3/c1-8-6-5(7)3-4-9(6)2/h3-4,8H,7H2,1-2H3. The van der Waals surface area contributed by atoms with Gasteiger partial charge >= 0.3 is 0 Å². The van der Waals surface area contributed by atoms with Crippen molar-refractivity contribution >= 4 is 11.5 Å². The highest BCUT2D eigenvalue weighted by atomic mass is 15.1. The Morgan fingerprint density at radius 3 is 2.56 bits per heavy atom. The maximum absolute atomic E-state index is 5.57. The van der Waals surface area contributed by atoms with Crippen LogP contribution in [0.3, 0.4) is 0 Å². The van der Waals surface area contributed by atoms with Gasteiger partial charge in [0, 0.05) is 20.3 Å². The zero-order valence-corrected chi connectivity index (χ0v) is 5.68. The minimum Gasteiger partial charge on any atom is -0.396 e. The van der Waals surface area contributed by atoms with E-state index in [1.54, 1.807) is 0 Å². The number of aryl methyl sites for hydroxylation is 1. The summed E-state index contributed by atoms with van der Waals surface area (Å²) >= 11 is 0. The van der Waals surface area contributed by atoms with E-state index < -0.39 is 0 Å². The second-order valence-electron chi connectivity index (χ2n) is 1.98. The van der Waals surface area contributed by atoms with E-state index in [9.17, 15) is 0 Å². The van der Waals surface area contributed by atoms with E-state index in [1.807, 2.05) is 30.9 Å². The topological polar surface area (TPSA) is 43.0 Å². The van der Waals surface area contributed by atoms with Crippen LogP contribution in [-0.4, -0.2) is 11.6 Å². The van der Waals surface area contributed by atoms with Gasteiger partial charge in [-0.05, 0) is 6.07 Å². The van der Waals surface area contributed by atoms with E-state index in [-0.39, 0.29) is 0 Å². The lowest BCUT2D eigenvalue weighted by Gasteiger charge is -2.01. The summed E-state index contributed by atoms with van der Waals surface area (Å²) in [6, 6.07) is 1.87. The molecule has 1 heterocycles. The molecule has 3 nitrogen and oxygen atoms in total. The van der Waals surface area contributed by atoms with Gasteiger partial charge in [-0.2, -0.15) is 0 Å². The summed E-state index contributed by atoms with van der Waals surface area (Å²) in [7, 11) is 3.80. The van der Waals surface area contributed by atoms with Crippen LogP contribution in [0.25, 0.3) is 0 Å². The molecule has 0 aliphatic carbocycles. The summed E-state index contributed by atoms with van der Waals surface area (Å²) < 4.78 is 1.94. The summed E-state index contributed by atoms with van der Waals surface area (Å²) in [4.78, 5) is 0. The highest BCUT2D eigenvalue weighted by Crippen LogP contribution is 2.16. The number of nitrogens with two attached hydrogens (primary N) is 1. The summed E-state index contributed by atoms with van der Waals surface area (Å²) in [5, 5.41) is 2.98. The Bertz CT molecular complexity index is 183. The average molecular weight is 125 g/mol. The number of nitrogens with zero attached hydrogens (tertiary/aromatic N) is 1. The predicted octanol–water partition coefficient (Wildman–Crippen LogP) is 0.649. The lowest BCUT2D eigenvalue weighted by Crippen LogP contribution is -1.98. The third-order valence-electron chi connectivity index (χ3n) is 1.34. The number of nitrogen functional groups attached to an aromatic ring is 1. The second kappa shape index (κ2) is 2.01. The maximum Gasteiger partial charge on any atom is 0.129 e. The molecule has 0 saturated carbocycles. The van der Waals surface area contributed by atoms with Gasteiger partial charge < -0.3 is 15.6 Å². The Morgan fingerprint density at radius 1 is 1.67 bits per heavy atom. The van der Waals surface area contributed by atoms with E-state index in [2.05, 4.69) is 5.32 Å². The molecular formula is C6H11N3. The van der Waals surface area contributed by atoms with Crippen LogP contribution in [0.15, 0.2) is 12.3 Å². The van der Waals surface area contributed by atoms with E-state index in [0.29, 0.717) is 0 Å². The molecule has 1 rings (SSSR count). The van der Waals surface area contributed by atoms with Crippen LogP contribution in [0.5, 0.6) is 0 Å². The van der Waals surface area contributed by atoms with Gasteiger partial charge in [0.1, 0.15) is 5.82 Å². The fourth-order valence-electron chi connectivity index (χ4n) is 0.870. The van der Waals surface area contributed by atoms with Crippen LogP contribution in [0.2, 0.25) is 0 Å². The average Bonchev–Trinajstić information content (AvgIpc) is 2.12. The Balaban J connectivity index is 3.07. The molecule has 1 aromatic heterocycles. The van der Waals surface area contributed by atoms with Crippen molar-refractivity contribution in [2.75, 3.05) is 18.1 Å². The molecule has 0 fully saturated rings. The first-order valence-corrected chi connectivity index (χ1v) is 2.84. The van der Waals surface area contributed by atoms with E-state index in [0.717, 1.165) is 11.5 Å². The Morgan fingerprint density at radius 2 is 2.33 bits per heavy atom. The van der Waals surface area contributed by atoms with Gasteiger partial charge in [0.2, 0.25) is 0 Å². The van der Waals surface area contributed by atoms with Crippen LogP contribution < -0.4 is 11.1 Å². The summed E-state index contributed by atoms with van der Waals surface area (Å²) in [5.74, 6) is 0.968. The van der Waals surface area contributed by atoms with E-state index in [1.165, 1.54) is 0 Å². The molecular weight excluding hydrogens is 114 g/mol. The molecule has 3 N–H and O–H groups in total. The molecule has 0 amide bonds. The fourth-order valence-corrected chi connectivity index (χ4v) is 0.870. The lowest BCUT2D eigenvalue weighted by atomic mass is 10.5. The first-order chi connectivity index (χ1) is 4.25. The van der Waals surface area contributed by atoms with Crippen molar-refractivity contribution in [1.82, 2.24) is 4.57 Å². The quantitative estimate of drug-likeness (QED) is 0.578. The van der Waals surface area contributed by atoms with Crippen molar-refractivity contribution < 1.29 is 0 Å². The monoisotopic (exact) mass is 125 g/mol. The highest BCUT2D eigenvalue weighted by Gasteiger charge is 1.97. The van der Waals surface area contributed by atoms with Crippen LogP contribution in [0, 0.1) is 0 Å². The van der Waals surface area contributed by atoms with Gasteiger partial charge in [-0.3, -0.25) is 0 Å². The third kappa shape index (κ3) is 0.850. The molecule has 9 heavy (non-hydrogen) atoms. The van der Waals surface area contributed by atoms with Crippen molar-refractivity contribution in [3.63, 3.8) is 0 Å². The van der Waals surface area contributed by atoms with Crippen LogP contribution >= 0.6 is 0 Å². The number of nitrogens with one attached hydrogen (secondary N) is 1. The Labute approximate surface area is 54.5 Å². The van der Waals surface area contributed by atoms with Crippen molar-refractivity contribution in [3.8, 4) is 0 Å². The SMILES string of the molecule is CNc1c(N)ccn1C. The molecule has 50 valence electrons. The number of hydrogen-bond acceptors (Lipinski definition) is 2. The largest absolute Gasteiger partial charge is 0.396 e. The predicted molar refractivity (Wildman–Crippen MR) is 39.4 cm³/mol. The van der Waals surface area contributed by atoms with Crippen molar-refractivity contribution in [3.05, 3.63) is 12.3 Å². The van der Waals surface area contributed by atoms with Gasteiger partial charge in [-0.1, -0.05) is 0 Å². The minimum absolute atomic E-state index is 0.792. The summed E-state index contributed by atoms with van der Waals surface area (Å²) in [5.41, 5.74) is 6.36. The molecule has 0 aliphatic rings. The molecule has 0 spiro atoms. The first-order valence-electron chi connectivity index (χ1n) is 2.84. The lowest BCUT2D eigenvalue weighted by molar-refractivity contribution is 0.933. The zero-order chi connectivity index (χ0) is 6.85. The second-order valence-corrected chi connectivity index (χ2v) is 1.98. The molecule has 0 aliphatic heterocycles. The van der Waals surface area contributed by atoms with E-state index in [4.69, 9.17) is 5.73 Å². The van der Waals surface area contributed by atoms with Gasteiger partial charge in [-0.25, -0.2) is 0 Å². The van der Waals surface area contributed by atoms with Gasteiger partial charge in [0.25, 0.3) is 0 Å². The molecule has 0 atom stereocenters. The smallest absolute Gasteiger partial charge is 0.129 e. The minimum atomic E-state index is 0.792. The van der Waals surface area contributed by atoms with Crippen LogP contribution in [-0.2, 0) is 7.05 Å². The normalized spacial score (nSPS) is 9.56. The van der Waals surface area contributed by atoms with Crippen LogP contribution in [0.4, 0.5) is 11.5 Å². The van der Waals surface area contributed by atoms with Crippen molar-refractivity contribution in [2.24, 2.45) is 7.05 Å². The molecule has 0 unspecified atom stereocenters. The fraction of sp³-hybridized carbons (Fsp3) is 0.333. The molecule has 0 saturated heterocycles. The first kappa shape index (κ1) is 6.01. The summed E-state index contributed by atoms with van der Waals surface area (Å²) in [6.45, 7) is 0. The molecule has 0 bridgehead atoms. The van der Waals surface area contributed by atoms with E-state index >= 15 is 0 Å². The Kier molecular flexibility index (Phi) is 1.34. The maximum atomic E-state index is 5.57. The van der Waals surface area contributed by atoms with Gasteiger partial charge in [0.15, 0.2) is 0 Å². The zero-order valence-electron chi connectivity index (χ0n) is 5.68. The Hall–Kier alpha value is -1.12. The van der Waals surface area contributed by atoms with Gasteiger partial charge in [-0.15, -0.1) is 0 Å². The number of hydrogen-bond donors (Lipinski definition) is 2. The molecule has 0 aromatic carbocycles. The molecule has 3 heteroatoms. The molecule has 0 radical (unpaired) electrons. The molecule has 1 aromatic rings. The number of aromatic nitrogens is 1. The third-order valence-corrected chi connectivity index (χ3v) is 1.34. The highest BCUT2D eigenvalue weighted by molar-refractivity contribution is 5.62. The van der Waals surface area contributed by atoms with Crippen LogP contribution in [0.1, 0.15) is 0 Å². The van der Waals surface area contributed by atoms with Crippen molar-refractivity contribution in [2.45, 2.75) is 0 Å². The summed E-state index contributed by atoms with van der Waals surface area (Å²) in [6.07, 6.45) is 1.92.